The Morgan fingerprint density at radius 1 is 1.16 bits per heavy atom. The van der Waals surface area contributed by atoms with Crippen molar-refractivity contribution < 1.29 is 4.74 Å². The Labute approximate surface area is 117 Å². The van der Waals surface area contributed by atoms with Crippen LogP contribution in [-0.4, -0.2) is 31.8 Å². The first-order valence-electron chi connectivity index (χ1n) is 7.08. The van der Waals surface area contributed by atoms with Crippen molar-refractivity contribution in [1.82, 2.24) is 10.6 Å². The average Bonchev–Trinajstić information content (AvgIpc) is 2.30. The molecule has 0 amide bonds. The third-order valence-corrected chi connectivity index (χ3v) is 2.93. The molecule has 0 aliphatic heterocycles. The van der Waals surface area contributed by atoms with Gasteiger partial charge in [0.25, 0.3) is 0 Å². The monoisotopic (exact) mass is 264 g/mol. The molecule has 0 heterocycles. The molecule has 0 aromatic heterocycles. The molecule has 1 rings (SSSR count). The van der Waals surface area contributed by atoms with Gasteiger partial charge in [0.1, 0.15) is 5.75 Å². The number of ether oxygens (including phenoxy) is 1. The van der Waals surface area contributed by atoms with Gasteiger partial charge in [-0.1, -0.05) is 12.1 Å². The molecule has 0 aliphatic carbocycles. The summed E-state index contributed by atoms with van der Waals surface area (Å²) in [5.41, 5.74) is 1.47. The summed E-state index contributed by atoms with van der Waals surface area (Å²) in [7, 11) is 1.98. The summed E-state index contributed by atoms with van der Waals surface area (Å²) in [5.74, 6) is 0.947. The van der Waals surface area contributed by atoms with E-state index in [2.05, 4.69) is 36.6 Å². The zero-order valence-corrected chi connectivity index (χ0v) is 12.9. The fourth-order valence-electron chi connectivity index (χ4n) is 2.06. The molecule has 1 aromatic carbocycles. The van der Waals surface area contributed by atoms with E-state index in [1.54, 1.807) is 0 Å². The van der Waals surface area contributed by atoms with E-state index in [-0.39, 0.29) is 11.6 Å². The summed E-state index contributed by atoms with van der Waals surface area (Å²) in [6.45, 7) is 10.5. The minimum Gasteiger partial charge on any atom is -0.491 e. The lowest BCUT2D eigenvalue weighted by Gasteiger charge is -2.26. The highest BCUT2D eigenvalue weighted by atomic mass is 16.5. The number of nitrogens with one attached hydrogen (secondary N) is 2. The van der Waals surface area contributed by atoms with Crippen molar-refractivity contribution in [3.63, 3.8) is 0 Å². The van der Waals surface area contributed by atoms with Crippen molar-refractivity contribution in [2.75, 3.05) is 20.1 Å². The Morgan fingerprint density at radius 3 is 2.32 bits per heavy atom. The van der Waals surface area contributed by atoms with Gasteiger partial charge in [-0.3, -0.25) is 0 Å². The molecule has 0 atom stereocenters. The lowest BCUT2D eigenvalue weighted by molar-refractivity contribution is 0.242. The maximum atomic E-state index is 5.64. The van der Waals surface area contributed by atoms with Gasteiger partial charge in [-0.05, 0) is 65.4 Å². The molecule has 0 spiro atoms. The molecule has 2 N–H and O–H groups in total. The third kappa shape index (κ3) is 6.60. The van der Waals surface area contributed by atoms with Crippen LogP contribution in [0.2, 0.25) is 0 Å². The van der Waals surface area contributed by atoms with Crippen molar-refractivity contribution in [1.29, 1.82) is 0 Å². The highest BCUT2D eigenvalue weighted by Crippen LogP contribution is 2.14. The van der Waals surface area contributed by atoms with Crippen LogP contribution in [0.15, 0.2) is 24.3 Å². The van der Waals surface area contributed by atoms with Crippen molar-refractivity contribution in [2.24, 2.45) is 0 Å². The predicted octanol–water partition coefficient (Wildman–Crippen LogP) is 2.60. The maximum Gasteiger partial charge on any atom is 0.119 e. The second kappa shape index (κ2) is 7.51. The van der Waals surface area contributed by atoms with Crippen LogP contribution in [0, 0.1) is 0 Å². The molecule has 19 heavy (non-hydrogen) atoms. The molecule has 3 nitrogen and oxygen atoms in total. The van der Waals surface area contributed by atoms with Gasteiger partial charge in [0.15, 0.2) is 0 Å². The molecule has 3 heteroatoms. The fourth-order valence-corrected chi connectivity index (χ4v) is 2.06. The quantitative estimate of drug-likeness (QED) is 0.757. The van der Waals surface area contributed by atoms with Crippen molar-refractivity contribution in [3.8, 4) is 5.75 Å². The van der Waals surface area contributed by atoms with E-state index in [0.29, 0.717) is 0 Å². The summed E-state index contributed by atoms with van der Waals surface area (Å²) < 4.78 is 5.64. The van der Waals surface area contributed by atoms with E-state index < -0.39 is 0 Å². The van der Waals surface area contributed by atoms with Gasteiger partial charge < -0.3 is 15.4 Å². The minimum absolute atomic E-state index is 0.134. The highest BCUT2D eigenvalue weighted by molar-refractivity contribution is 5.27. The van der Waals surface area contributed by atoms with Crippen LogP contribution >= 0.6 is 0 Å². The molecule has 0 radical (unpaired) electrons. The predicted molar refractivity (Wildman–Crippen MR) is 81.9 cm³/mol. The molecule has 0 saturated carbocycles. The Balaban J connectivity index is 2.38. The topological polar surface area (TPSA) is 33.3 Å². The summed E-state index contributed by atoms with van der Waals surface area (Å²) in [6.07, 6.45) is 1.27. The third-order valence-electron chi connectivity index (χ3n) is 2.93. The van der Waals surface area contributed by atoms with Gasteiger partial charge in [0.05, 0.1) is 6.10 Å². The Kier molecular flexibility index (Phi) is 6.32. The maximum absolute atomic E-state index is 5.64. The van der Waals surface area contributed by atoms with Gasteiger partial charge in [0, 0.05) is 12.1 Å². The molecular weight excluding hydrogens is 236 g/mol. The largest absolute Gasteiger partial charge is 0.491 e. The van der Waals surface area contributed by atoms with Crippen LogP contribution in [0.4, 0.5) is 0 Å². The van der Waals surface area contributed by atoms with Crippen LogP contribution in [0.3, 0.4) is 0 Å². The number of likely N-dealkylation sites (N-methyl/N-ethyl adjacent to an activating group) is 1. The number of rotatable bonds is 8. The number of hydrogen-bond acceptors (Lipinski definition) is 3. The second-order valence-corrected chi connectivity index (χ2v) is 5.90. The van der Waals surface area contributed by atoms with Gasteiger partial charge in [-0.15, -0.1) is 0 Å². The highest BCUT2D eigenvalue weighted by Gasteiger charge is 2.14. The van der Waals surface area contributed by atoms with E-state index in [9.17, 15) is 0 Å². The lowest BCUT2D eigenvalue weighted by Crippen LogP contribution is -2.47. The summed E-state index contributed by atoms with van der Waals surface area (Å²) in [4.78, 5) is 0. The fraction of sp³-hybridized carbons (Fsp3) is 0.625. The van der Waals surface area contributed by atoms with Crippen LogP contribution in [0.25, 0.3) is 0 Å². The van der Waals surface area contributed by atoms with E-state index in [1.165, 1.54) is 5.56 Å². The SMILES string of the molecule is CNCC(C)(C)NCCc1ccc(OC(C)C)cc1. The molecule has 108 valence electrons. The molecule has 0 aliphatic rings. The van der Waals surface area contributed by atoms with E-state index in [0.717, 1.165) is 25.3 Å². The smallest absolute Gasteiger partial charge is 0.119 e. The van der Waals surface area contributed by atoms with Crippen molar-refractivity contribution in [2.45, 2.75) is 45.8 Å². The standard InChI is InChI=1S/C16H28N2O/c1-13(2)19-15-8-6-14(7-9-15)10-11-18-16(3,4)12-17-5/h6-9,13,17-18H,10-12H2,1-5H3. The Morgan fingerprint density at radius 2 is 1.79 bits per heavy atom. The molecule has 1 aromatic rings. The van der Waals surface area contributed by atoms with E-state index >= 15 is 0 Å². The van der Waals surface area contributed by atoms with Gasteiger partial charge in [0.2, 0.25) is 0 Å². The molecular formula is C16H28N2O. The van der Waals surface area contributed by atoms with E-state index in [1.807, 2.05) is 33.0 Å². The molecule has 0 fully saturated rings. The van der Waals surface area contributed by atoms with Gasteiger partial charge in [-0.2, -0.15) is 0 Å². The normalized spacial score (nSPS) is 11.9. The van der Waals surface area contributed by atoms with Crippen LogP contribution < -0.4 is 15.4 Å². The zero-order chi connectivity index (χ0) is 14.3. The van der Waals surface area contributed by atoms with Crippen molar-refractivity contribution >= 4 is 0 Å². The van der Waals surface area contributed by atoms with Crippen LogP contribution in [0.1, 0.15) is 33.3 Å². The minimum atomic E-state index is 0.134. The Hall–Kier alpha value is -1.06. The first-order chi connectivity index (χ1) is 8.93. The summed E-state index contributed by atoms with van der Waals surface area (Å²) >= 11 is 0. The Bertz CT molecular complexity index is 358. The first kappa shape index (κ1) is 16.0. The second-order valence-electron chi connectivity index (χ2n) is 5.90. The zero-order valence-electron chi connectivity index (χ0n) is 12.9. The lowest BCUT2D eigenvalue weighted by atomic mass is 10.0. The van der Waals surface area contributed by atoms with Crippen LogP contribution in [0.5, 0.6) is 5.75 Å². The molecule has 0 bridgehead atoms. The van der Waals surface area contributed by atoms with Gasteiger partial charge >= 0.3 is 0 Å². The van der Waals surface area contributed by atoms with E-state index in [4.69, 9.17) is 4.74 Å². The van der Waals surface area contributed by atoms with Crippen molar-refractivity contribution in [3.05, 3.63) is 29.8 Å². The van der Waals surface area contributed by atoms with Crippen LogP contribution in [-0.2, 0) is 6.42 Å². The summed E-state index contributed by atoms with van der Waals surface area (Å²) in [6, 6.07) is 8.39. The molecule has 0 unspecified atom stereocenters. The van der Waals surface area contributed by atoms with Gasteiger partial charge in [-0.25, -0.2) is 0 Å². The summed E-state index contributed by atoms with van der Waals surface area (Å²) in [5, 5.41) is 6.76. The first-order valence-corrected chi connectivity index (χ1v) is 7.08. The number of hydrogen-bond donors (Lipinski definition) is 2. The molecule has 0 saturated heterocycles. The average molecular weight is 264 g/mol. The number of benzene rings is 1.